The largest absolute Gasteiger partial charge is 0.339 e. The second kappa shape index (κ2) is 5.55. The molecule has 2 aliphatic heterocycles. The van der Waals surface area contributed by atoms with Gasteiger partial charge in [0.15, 0.2) is 0 Å². The van der Waals surface area contributed by atoms with Gasteiger partial charge in [-0.1, -0.05) is 11.6 Å². The number of amides is 2. The van der Waals surface area contributed by atoms with E-state index >= 15 is 0 Å². The summed E-state index contributed by atoms with van der Waals surface area (Å²) in [7, 11) is -3.63. The molecule has 2 saturated heterocycles. The van der Waals surface area contributed by atoms with Crippen LogP contribution < -0.4 is 4.31 Å². The molecular weight excluding hydrogens is 328 g/mol. The maximum atomic E-state index is 12.3. The Hall–Kier alpha value is -1.60. The fraction of sp³-hybridized carbons (Fsp3) is 0.429. The van der Waals surface area contributed by atoms with Gasteiger partial charge in [0, 0.05) is 19.5 Å². The monoisotopic (exact) mass is 342 g/mol. The summed E-state index contributed by atoms with van der Waals surface area (Å²) in [6, 6.07) is 4.31. The summed E-state index contributed by atoms with van der Waals surface area (Å²) in [5, 5.41) is 0.157. The van der Waals surface area contributed by atoms with E-state index in [-0.39, 0.29) is 28.8 Å². The van der Waals surface area contributed by atoms with Gasteiger partial charge in [0.05, 0.1) is 22.0 Å². The van der Waals surface area contributed by atoms with E-state index in [0.717, 1.165) is 17.1 Å². The van der Waals surface area contributed by atoms with Gasteiger partial charge in [-0.2, -0.15) is 0 Å². The first-order valence-electron chi connectivity index (χ1n) is 7.05. The van der Waals surface area contributed by atoms with Crippen LogP contribution in [0, 0.1) is 0 Å². The Labute approximate surface area is 133 Å². The van der Waals surface area contributed by atoms with Crippen molar-refractivity contribution in [1.82, 2.24) is 4.90 Å². The van der Waals surface area contributed by atoms with Crippen LogP contribution >= 0.6 is 11.6 Å². The number of rotatable bonds is 2. The second-order valence-electron chi connectivity index (χ2n) is 5.39. The van der Waals surface area contributed by atoms with E-state index in [4.69, 9.17) is 11.6 Å². The molecule has 0 atom stereocenters. The van der Waals surface area contributed by atoms with E-state index in [1.54, 1.807) is 4.90 Å². The lowest BCUT2D eigenvalue weighted by Gasteiger charge is -2.18. The van der Waals surface area contributed by atoms with Crippen molar-refractivity contribution in [2.75, 3.05) is 23.1 Å². The van der Waals surface area contributed by atoms with Crippen molar-refractivity contribution in [3.8, 4) is 0 Å². The van der Waals surface area contributed by atoms with E-state index in [1.807, 2.05) is 0 Å². The number of carbonyl (C=O) groups is 2. The van der Waals surface area contributed by atoms with Gasteiger partial charge in [-0.15, -0.1) is 0 Å². The fourth-order valence-electron chi connectivity index (χ4n) is 2.76. The normalized spacial score (nSPS) is 20.7. The van der Waals surface area contributed by atoms with Gasteiger partial charge in [-0.3, -0.25) is 9.59 Å². The summed E-state index contributed by atoms with van der Waals surface area (Å²) in [5.41, 5.74) is 0.516. The predicted molar refractivity (Wildman–Crippen MR) is 82.5 cm³/mol. The summed E-state index contributed by atoms with van der Waals surface area (Å²) in [4.78, 5) is 25.8. The highest BCUT2D eigenvalue weighted by Gasteiger charge is 2.36. The molecule has 0 spiro atoms. The van der Waals surface area contributed by atoms with Gasteiger partial charge in [0.25, 0.3) is 5.91 Å². The van der Waals surface area contributed by atoms with Crippen molar-refractivity contribution in [3.63, 3.8) is 0 Å². The number of hydrogen-bond donors (Lipinski definition) is 0. The number of sulfonamides is 1. The molecule has 0 radical (unpaired) electrons. The minimum atomic E-state index is -3.63. The van der Waals surface area contributed by atoms with Crippen LogP contribution in [-0.2, 0) is 14.8 Å². The Morgan fingerprint density at radius 2 is 1.86 bits per heavy atom. The summed E-state index contributed by atoms with van der Waals surface area (Å²) in [6.07, 6.45) is 1.92. The standard InChI is InChI=1S/C14H15ClN2O4S/c15-12-9-10(17-13(18)5-8-22(17,20)21)3-4-11(12)14(19)16-6-1-2-7-16/h3-4,9H,1-2,5-8H2. The van der Waals surface area contributed by atoms with Gasteiger partial charge < -0.3 is 4.90 Å². The van der Waals surface area contributed by atoms with Crippen molar-refractivity contribution in [2.45, 2.75) is 19.3 Å². The first kappa shape index (κ1) is 15.3. The van der Waals surface area contributed by atoms with Crippen molar-refractivity contribution >= 4 is 39.1 Å². The minimum absolute atomic E-state index is 0.0333. The molecule has 22 heavy (non-hydrogen) atoms. The van der Waals surface area contributed by atoms with E-state index in [9.17, 15) is 18.0 Å². The van der Waals surface area contributed by atoms with Crippen molar-refractivity contribution in [2.24, 2.45) is 0 Å². The quantitative estimate of drug-likeness (QED) is 0.819. The Morgan fingerprint density at radius 3 is 2.41 bits per heavy atom. The molecule has 0 N–H and O–H groups in total. The molecule has 2 amide bonds. The number of halogens is 1. The van der Waals surface area contributed by atoms with Gasteiger partial charge in [-0.25, -0.2) is 12.7 Å². The Morgan fingerprint density at radius 1 is 1.18 bits per heavy atom. The van der Waals surface area contributed by atoms with Crippen LogP contribution in [0.3, 0.4) is 0 Å². The highest BCUT2D eigenvalue weighted by Crippen LogP contribution is 2.30. The van der Waals surface area contributed by atoms with E-state index in [0.29, 0.717) is 18.7 Å². The number of anilines is 1. The molecule has 0 unspecified atom stereocenters. The zero-order chi connectivity index (χ0) is 15.9. The molecule has 118 valence electrons. The van der Waals surface area contributed by atoms with Gasteiger partial charge in [-0.05, 0) is 31.0 Å². The zero-order valence-electron chi connectivity index (χ0n) is 11.8. The third-order valence-electron chi connectivity index (χ3n) is 3.89. The number of nitrogens with zero attached hydrogens (tertiary/aromatic N) is 2. The number of carbonyl (C=O) groups excluding carboxylic acids is 2. The summed E-state index contributed by atoms with van der Waals surface area (Å²) < 4.78 is 24.6. The first-order chi connectivity index (χ1) is 10.4. The highest BCUT2D eigenvalue weighted by atomic mass is 35.5. The van der Waals surface area contributed by atoms with Crippen LogP contribution in [0.1, 0.15) is 29.6 Å². The van der Waals surface area contributed by atoms with E-state index in [2.05, 4.69) is 0 Å². The van der Waals surface area contributed by atoms with Crippen LogP contribution in [0.25, 0.3) is 0 Å². The van der Waals surface area contributed by atoms with Crippen LogP contribution in [0.15, 0.2) is 18.2 Å². The SMILES string of the molecule is O=C(c1ccc(N2C(=O)CCS2(=O)=O)cc1Cl)N1CCCC1. The molecule has 8 heteroatoms. The first-order valence-corrected chi connectivity index (χ1v) is 9.03. The van der Waals surface area contributed by atoms with Gasteiger partial charge >= 0.3 is 0 Å². The lowest BCUT2D eigenvalue weighted by Crippen LogP contribution is -2.30. The van der Waals surface area contributed by atoms with Crippen molar-refractivity contribution in [3.05, 3.63) is 28.8 Å². The third kappa shape index (κ3) is 2.59. The Balaban J connectivity index is 1.92. The van der Waals surface area contributed by atoms with E-state index in [1.165, 1.54) is 18.2 Å². The van der Waals surface area contributed by atoms with E-state index < -0.39 is 15.9 Å². The average molecular weight is 343 g/mol. The van der Waals surface area contributed by atoms with Crippen LogP contribution in [0.5, 0.6) is 0 Å². The molecule has 0 aromatic heterocycles. The lowest BCUT2D eigenvalue weighted by molar-refractivity contribution is -0.116. The molecular formula is C14H15ClN2O4S. The third-order valence-corrected chi connectivity index (χ3v) is 5.89. The molecule has 6 nitrogen and oxygen atoms in total. The minimum Gasteiger partial charge on any atom is -0.339 e. The molecule has 2 heterocycles. The lowest BCUT2D eigenvalue weighted by atomic mass is 10.1. The zero-order valence-corrected chi connectivity index (χ0v) is 13.4. The molecule has 1 aromatic rings. The molecule has 0 bridgehead atoms. The topological polar surface area (TPSA) is 74.8 Å². The summed E-state index contributed by atoms with van der Waals surface area (Å²) >= 11 is 6.14. The van der Waals surface area contributed by atoms with Gasteiger partial charge in [0.1, 0.15) is 0 Å². The predicted octanol–water partition coefficient (Wildman–Crippen LogP) is 1.64. The summed E-state index contributed by atoms with van der Waals surface area (Å²) in [5.74, 6) is -0.836. The van der Waals surface area contributed by atoms with Crippen LogP contribution in [0.2, 0.25) is 5.02 Å². The van der Waals surface area contributed by atoms with Crippen LogP contribution in [-0.4, -0.2) is 44.0 Å². The maximum absolute atomic E-state index is 12.3. The molecule has 3 rings (SSSR count). The number of hydrogen-bond acceptors (Lipinski definition) is 4. The number of benzene rings is 1. The summed E-state index contributed by atoms with van der Waals surface area (Å²) in [6.45, 7) is 1.41. The Kier molecular flexibility index (Phi) is 3.86. The second-order valence-corrected chi connectivity index (χ2v) is 7.73. The number of likely N-dealkylation sites (tertiary alicyclic amines) is 1. The van der Waals surface area contributed by atoms with Crippen molar-refractivity contribution in [1.29, 1.82) is 0 Å². The van der Waals surface area contributed by atoms with Crippen molar-refractivity contribution < 1.29 is 18.0 Å². The molecule has 0 saturated carbocycles. The fourth-order valence-corrected chi connectivity index (χ4v) is 4.47. The average Bonchev–Trinajstić information content (AvgIpc) is 3.07. The Bertz CT molecular complexity index is 741. The molecule has 2 aliphatic rings. The molecule has 1 aromatic carbocycles. The van der Waals surface area contributed by atoms with Crippen LogP contribution in [0.4, 0.5) is 5.69 Å². The highest BCUT2D eigenvalue weighted by molar-refractivity contribution is 7.94. The smallest absolute Gasteiger partial charge is 0.255 e. The molecule has 2 fully saturated rings. The maximum Gasteiger partial charge on any atom is 0.255 e. The van der Waals surface area contributed by atoms with Gasteiger partial charge in [0.2, 0.25) is 15.9 Å². The molecule has 0 aliphatic carbocycles.